The minimum Gasteiger partial charge on any atom is -0.352 e. The average molecular weight is 349 g/mol. The first kappa shape index (κ1) is 17.9. The topological polar surface area (TPSA) is 58.2 Å². The van der Waals surface area contributed by atoms with E-state index in [4.69, 9.17) is 11.6 Å². The zero-order chi connectivity index (χ0) is 17.7. The van der Waals surface area contributed by atoms with Gasteiger partial charge in [0.2, 0.25) is 0 Å². The highest BCUT2D eigenvalue weighted by atomic mass is 35.5. The normalized spacial score (nSPS) is 10.5. The predicted octanol–water partition coefficient (Wildman–Crippen LogP) is 4.12. The van der Waals surface area contributed by atoms with Gasteiger partial charge in [0.25, 0.3) is 11.8 Å². The molecule has 0 aliphatic carbocycles. The van der Waals surface area contributed by atoms with E-state index in [1.54, 1.807) is 24.3 Å². The van der Waals surface area contributed by atoms with Crippen LogP contribution >= 0.6 is 11.6 Å². The van der Waals surface area contributed by atoms with E-state index in [2.05, 4.69) is 10.6 Å². The lowest BCUT2D eigenvalue weighted by Crippen LogP contribution is -2.27. The van der Waals surface area contributed by atoms with Gasteiger partial charge >= 0.3 is 0 Å². The Bertz CT molecular complexity index is 762. The van der Waals surface area contributed by atoms with Crippen molar-refractivity contribution in [2.45, 2.75) is 13.8 Å². The van der Waals surface area contributed by atoms with Gasteiger partial charge in [-0.1, -0.05) is 31.5 Å². The molecule has 4 nitrogen and oxygen atoms in total. The van der Waals surface area contributed by atoms with Crippen LogP contribution in [0.25, 0.3) is 0 Å². The van der Waals surface area contributed by atoms with E-state index in [0.29, 0.717) is 23.7 Å². The quantitative estimate of drug-likeness (QED) is 0.854. The van der Waals surface area contributed by atoms with E-state index in [0.717, 1.165) is 12.1 Å². The molecule has 24 heavy (non-hydrogen) atoms. The molecule has 6 heteroatoms. The van der Waals surface area contributed by atoms with Crippen LogP contribution in [0.1, 0.15) is 34.6 Å². The lowest BCUT2D eigenvalue weighted by molar-refractivity contribution is 0.0947. The molecule has 0 unspecified atom stereocenters. The van der Waals surface area contributed by atoms with E-state index in [9.17, 15) is 14.0 Å². The summed E-state index contributed by atoms with van der Waals surface area (Å²) in [6.45, 7) is 4.58. The first-order valence-corrected chi connectivity index (χ1v) is 7.89. The number of benzene rings is 2. The van der Waals surface area contributed by atoms with Gasteiger partial charge in [-0.05, 0) is 42.3 Å². The molecule has 0 saturated carbocycles. The van der Waals surface area contributed by atoms with Crippen molar-refractivity contribution in [2.24, 2.45) is 5.92 Å². The van der Waals surface area contributed by atoms with Crippen LogP contribution in [0.2, 0.25) is 5.02 Å². The molecule has 2 amide bonds. The zero-order valence-corrected chi connectivity index (χ0v) is 14.2. The molecule has 0 heterocycles. The second-order valence-electron chi connectivity index (χ2n) is 5.76. The maximum absolute atomic E-state index is 13.0. The van der Waals surface area contributed by atoms with Crippen molar-refractivity contribution in [3.05, 3.63) is 64.4 Å². The van der Waals surface area contributed by atoms with Crippen molar-refractivity contribution in [1.29, 1.82) is 0 Å². The molecule has 0 bridgehead atoms. The van der Waals surface area contributed by atoms with Crippen molar-refractivity contribution in [3.63, 3.8) is 0 Å². The van der Waals surface area contributed by atoms with Gasteiger partial charge in [0.15, 0.2) is 0 Å². The molecular weight excluding hydrogens is 331 g/mol. The van der Waals surface area contributed by atoms with E-state index < -0.39 is 11.7 Å². The fraction of sp³-hybridized carbons (Fsp3) is 0.222. The molecule has 0 spiro atoms. The minimum absolute atomic E-state index is 0.0262. The number of halogens is 2. The van der Waals surface area contributed by atoms with Crippen LogP contribution in [-0.4, -0.2) is 18.4 Å². The third-order valence-corrected chi connectivity index (χ3v) is 3.54. The molecule has 0 saturated heterocycles. The number of hydrogen-bond donors (Lipinski definition) is 2. The molecule has 0 fully saturated rings. The summed E-state index contributed by atoms with van der Waals surface area (Å²) in [6.07, 6.45) is 0. The fourth-order valence-corrected chi connectivity index (χ4v) is 2.26. The molecular formula is C18H18ClFN2O2. The van der Waals surface area contributed by atoms with Gasteiger partial charge in [0.05, 0.1) is 10.6 Å². The monoisotopic (exact) mass is 348 g/mol. The second-order valence-corrected chi connectivity index (χ2v) is 6.17. The van der Waals surface area contributed by atoms with Gasteiger partial charge in [0, 0.05) is 17.8 Å². The van der Waals surface area contributed by atoms with Gasteiger partial charge in [-0.3, -0.25) is 9.59 Å². The van der Waals surface area contributed by atoms with Crippen LogP contribution in [-0.2, 0) is 0 Å². The van der Waals surface area contributed by atoms with Crippen LogP contribution < -0.4 is 10.6 Å². The summed E-state index contributed by atoms with van der Waals surface area (Å²) in [7, 11) is 0. The molecule has 0 aliphatic heterocycles. The maximum Gasteiger partial charge on any atom is 0.257 e. The van der Waals surface area contributed by atoms with Gasteiger partial charge in [-0.15, -0.1) is 0 Å². The summed E-state index contributed by atoms with van der Waals surface area (Å²) in [6, 6.07) is 10.1. The molecule has 0 aliphatic rings. The van der Waals surface area contributed by atoms with Crippen LogP contribution in [0.4, 0.5) is 10.1 Å². The Morgan fingerprint density at radius 1 is 1.12 bits per heavy atom. The van der Waals surface area contributed by atoms with E-state index in [-0.39, 0.29) is 16.5 Å². The molecule has 126 valence electrons. The summed E-state index contributed by atoms with van der Waals surface area (Å²) in [5, 5.41) is 5.49. The number of anilines is 1. The number of amides is 2. The lowest BCUT2D eigenvalue weighted by Gasteiger charge is -2.10. The van der Waals surface area contributed by atoms with Crippen LogP contribution in [0.3, 0.4) is 0 Å². The Balaban J connectivity index is 2.11. The number of rotatable bonds is 5. The summed E-state index contributed by atoms with van der Waals surface area (Å²) in [4.78, 5) is 24.3. The zero-order valence-electron chi connectivity index (χ0n) is 13.4. The Labute approximate surface area is 145 Å². The number of hydrogen-bond acceptors (Lipinski definition) is 2. The van der Waals surface area contributed by atoms with Gasteiger partial charge < -0.3 is 10.6 Å². The molecule has 0 radical (unpaired) electrons. The highest BCUT2D eigenvalue weighted by Gasteiger charge is 2.13. The van der Waals surface area contributed by atoms with Gasteiger partial charge in [-0.25, -0.2) is 4.39 Å². The number of nitrogens with one attached hydrogen (secondary N) is 2. The highest BCUT2D eigenvalue weighted by Crippen LogP contribution is 2.19. The van der Waals surface area contributed by atoms with Crippen LogP contribution in [0.5, 0.6) is 0 Å². The first-order valence-electron chi connectivity index (χ1n) is 7.51. The summed E-state index contributed by atoms with van der Waals surface area (Å²) >= 11 is 5.88. The predicted molar refractivity (Wildman–Crippen MR) is 93.0 cm³/mol. The number of carbonyl (C=O) groups is 2. The van der Waals surface area contributed by atoms with Crippen molar-refractivity contribution >= 4 is 29.1 Å². The minimum atomic E-state index is -0.514. The Kier molecular flexibility index (Phi) is 5.93. The van der Waals surface area contributed by atoms with Crippen molar-refractivity contribution in [1.82, 2.24) is 5.32 Å². The Hall–Kier alpha value is -2.40. The third-order valence-electron chi connectivity index (χ3n) is 3.23. The summed E-state index contributed by atoms with van der Waals surface area (Å²) in [5.41, 5.74) is 1.06. The van der Waals surface area contributed by atoms with Gasteiger partial charge in [-0.2, -0.15) is 0 Å². The maximum atomic E-state index is 13.0. The van der Waals surface area contributed by atoms with E-state index >= 15 is 0 Å². The molecule has 0 aromatic heterocycles. The van der Waals surface area contributed by atoms with E-state index in [1.807, 2.05) is 13.8 Å². The summed E-state index contributed by atoms with van der Waals surface area (Å²) < 4.78 is 13.0. The SMILES string of the molecule is CC(C)CNC(=O)c1cccc(NC(=O)c2ccc(F)cc2Cl)c1. The molecule has 2 N–H and O–H groups in total. The molecule has 2 rings (SSSR count). The second kappa shape index (κ2) is 7.93. The largest absolute Gasteiger partial charge is 0.352 e. The molecule has 2 aromatic carbocycles. The highest BCUT2D eigenvalue weighted by molar-refractivity contribution is 6.34. The van der Waals surface area contributed by atoms with Crippen LogP contribution in [0, 0.1) is 11.7 Å². The third kappa shape index (κ3) is 4.80. The summed E-state index contributed by atoms with van der Waals surface area (Å²) in [5.74, 6) is -0.850. The van der Waals surface area contributed by atoms with Crippen molar-refractivity contribution in [2.75, 3.05) is 11.9 Å². The fourth-order valence-electron chi connectivity index (χ4n) is 2.01. The van der Waals surface area contributed by atoms with Crippen LogP contribution in [0.15, 0.2) is 42.5 Å². The van der Waals surface area contributed by atoms with Gasteiger partial charge in [0.1, 0.15) is 5.82 Å². The smallest absolute Gasteiger partial charge is 0.257 e. The number of carbonyl (C=O) groups excluding carboxylic acids is 2. The average Bonchev–Trinajstić information content (AvgIpc) is 2.52. The Morgan fingerprint density at radius 2 is 1.88 bits per heavy atom. The lowest BCUT2D eigenvalue weighted by atomic mass is 10.1. The Morgan fingerprint density at radius 3 is 2.54 bits per heavy atom. The van der Waals surface area contributed by atoms with Crippen molar-refractivity contribution in [3.8, 4) is 0 Å². The van der Waals surface area contributed by atoms with Crippen molar-refractivity contribution < 1.29 is 14.0 Å². The molecule has 2 aromatic rings. The van der Waals surface area contributed by atoms with E-state index in [1.165, 1.54) is 6.07 Å². The molecule has 0 atom stereocenters. The standard InChI is InChI=1S/C18H18ClFN2O2/c1-11(2)10-21-17(23)12-4-3-5-14(8-12)22-18(24)15-7-6-13(20)9-16(15)19/h3-9,11H,10H2,1-2H3,(H,21,23)(H,22,24). The first-order chi connectivity index (χ1) is 11.4.